The van der Waals surface area contributed by atoms with Crippen molar-refractivity contribution < 1.29 is 9.13 Å². The Morgan fingerprint density at radius 2 is 1.94 bits per heavy atom. The van der Waals surface area contributed by atoms with E-state index in [1.54, 1.807) is 43.7 Å². The van der Waals surface area contributed by atoms with Crippen molar-refractivity contribution in [3.8, 4) is 5.75 Å². The summed E-state index contributed by atoms with van der Waals surface area (Å²) in [6.07, 6.45) is 3.26. The lowest BCUT2D eigenvalue weighted by Crippen LogP contribution is -2.21. The molecule has 18 heavy (non-hydrogen) atoms. The van der Waals surface area contributed by atoms with Crippen LogP contribution in [0.3, 0.4) is 0 Å². The highest BCUT2D eigenvalue weighted by atomic mass is 19.1. The van der Waals surface area contributed by atoms with Gasteiger partial charge in [0.2, 0.25) is 0 Å². The predicted molar refractivity (Wildman–Crippen MR) is 65.9 cm³/mol. The van der Waals surface area contributed by atoms with Gasteiger partial charge in [0.1, 0.15) is 5.82 Å². The van der Waals surface area contributed by atoms with Gasteiger partial charge in [-0.1, -0.05) is 12.1 Å². The van der Waals surface area contributed by atoms with Crippen molar-refractivity contribution in [3.63, 3.8) is 0 Å². The highest BCUT2D eigenvalue weighted by Gasteiger charge is 2.20. The number of nitrogens with one attached hydrogen (secondary N) is 1. The molecule has 1 atom stereocenters. The molecule has 2 rings (SSSR count). The van der Waals surface area contributed by atoms with Gasteiger partial charge in [-0.05, 0) is 19.2 Å². The topological polar surface area (TPSA) is 47.0 Å². The zero-order chi connectivity index (χ0) is 13.0. The summed E-state index contributed by atoms with van der Waals surface area (Å²) >= 11 is 0. The number of ether oxygens (including phenoxy) is 1. The van der Waals surface area contributed by atoms with Gasteiger partial charge in [-0.2, -0.15) is 0 Å². The molecule has 0 saturated heterocycles. The first-order valence-electron chi connectivity index (χ1n) is 5.54. The van der Waals surface area contributed by atoms with Gasteiger partial charge < -0.3 is 10.1 Å². The number of halogens is 1. The first kappa shape index (κ1) is 12.4. The van der Waals surface area contributed by atoms with E-state index in [1.807, 2.05) is 0 Å². The molecule has 0 bridgehead atoms. The molecule has 1 aromatic carbocycles. The number of nitrogens with zero attached hydrogens (tertiary/aromatic N) is 2. The van der Waals surface area contributed by atoms with Crippen LogP contribution in [0.15, 0.2) is 36.7 Å². The van der Waals surface area contributed by atoms with Crippen LogP contribution in [0.2, 0.25) is 0 Å². The van der Waals surface area contributed by atoms with Gasteiger partial charge in [-0.15, -0.1) is 0 Å². The molecule has 0 aliphatic carbocycles. The Morgan fingerprint density at radius 1 is 1.22 bits per heavy atom. The summed E-state index contributed by atoms with van der Waals surface area (Å²) in [5, 5.41) is 3.01. The number of hydrogen-bond acceptors (Lipinski definition) is 4. The molecule has 0 spiro atoms. The van der Waals surface area contributed by atoms with Crippen LogP contribution < -0.4 is 10.1 Å². The Labute approximate surface area is 105 Å². The minimum atomic E-state index is -0.402. The van der Waals surface area contributed by atoms with E-state index in [-0.39, 0.29) is 5.75 Å². The maximum Gasteiger partial charge on any atom is 0.170 e. The fourth-order valence-corrected chi connectivity index (χ4v) is 1.79. The fraction of sp³-hybridized carbons (Fsp3) is 0.231. The fourth-order valence-electron chi connectivity index (χ4n) is 1.79. The van der Waals surface area contributed by atoms with E-state index < -0.39 is 11.9 Å². The first-order chi connectivity index (χ1) is 8.77. The van der Waals surface area contributed by atoms with Crippen molar-refractivity contribution in [1.82, 2.24) is 15.3 Å². The molecule has 0 saturated carbocycles. The monoisotopic (exact) mass is 247 g/mol. The summed E-state index contributed by atoms with van der Waals surface area (Å²) in [6, 6.07) is 6.33. The maximum atomic E-state index is 14.2. The van der Waals surface area contributed by atoms with E-state index in [2.05, 4.69) is 15.3 Å². The van der Waals surface area contributed by atoms with E-state index >= 15 is 0 Å². The minimum Gasteiger partial charge on any atom is -0.494 e. The second-order valence-corrected chi connectivity index (χ2v) is 3.69. The van der Waals surface area contributed by atoms with E-state index in [0.29, 0.717) is 11.4 Å². The lowest BCUT2D eigenvalue weighted by atomic mass is 10.1. The van der Waals surface area contributed by atoms with E-state index in [0.717, 1.165) is 0 Å². The smallest absolute Gasteiger partial charge is 0.170 e. The molecule has 2 aromatic rings. The van der Waals surface area contributed by atoms with Crippen LogP contribution in [-0.2, 0) is 0 Å². The number of methoxy groups -OCH3 is 1. The third-order valence-corrected chi connectivity index (χ3v) is 2.66. The number of rotatable bonds is 4. The van der Waals surface area contributed by atoms with Crippen LogP contribution >= 0.6 is 0 Å². The zero-order valence-electron chi connectivity index (χ0n) is 10.2. The molecule has 94 valence electrons. The minimum absolute atomic E-state index is 0.212. The molecule has 1 heterocycles. The lowest BCUT2D eigenvalue weighted by molar-refractivity contribution is 0.382. The van der Waals surface area contributed by atoms with E-state index in [1.165, 1.54) is 7.11 Å². The third kappa shape index (κ3) is 2.31. The molecule has 0 aliphatic rings. The van der Waals surface area contributed by atoms with Gasteiger partial charge in [0.25, 0.3) is 0 Å². The molecule has 4 nitrogen and oxygen atoms in total. The number of aromatic nitrogens is 2. The summed E-state index contributed by atoms with van der Waals surface area (Å²) in [5.41, 5.74) is 0.461. The zero-order valence-corrected chi connectivity index (χ0v) is 10.2. The standard InChI is InChI=1S/C13H14FN3O/c1-15-12(13-16-7-4-8-17-13)9-5-3-6-10(18-2)11(9)14/h3-8,12,15H,1-2H3. The van der Waals surface area contributed by atoms with Crippen LogP contribution in [0.25, 0.3) is 0 Å². The van der Waals surface area contributed by atoms with Crippen LogP contribution in [0.4, 0.5) is 4.39 Å². The summed E-state index contributed by atoms with van der Waals surface area (Å²) < 4.78 is 19.1. The Kier molecular flexibility index (Phi) is 3.84. The quantitative estimate of drug-likeness (QED) is 0.896. The second-order valence-electron chi connectivity index (χ2n) is 3.69. The molecular weight excluding hydrogens is 233 g/mol. The van der Waals surface area contributed by atoms with Crippen molar-refractivity contribution in [2.45, 2.75) is 6.04 Å². The highest BCUT2D eigenvalue weighted by Crippen LogP contribution is 2.27. The van der Waals surface area contributed by atoms with Gasteiger partial charge in [0.05, 0.1) is 13.2 Å². The lowest BCUT2D eigenvalue weighted by Gasteiger charge is -2.16. The SMILES string of the molecule is CNC(c1ncccn1)c1cccc(OC)c1F. The van der Waals surface area contributed by atoms with Crippen LogP contribution in [0, 0.1) is 5.82 Å². The average molecular weight is 247 g/mol. The summed E-state index contributed by atoms with van der Waals surface area (Å²) in [7, 11) is 3.18. The van der Waals surface area contributed by atoms with Crippen molar-refractivity contribution in [2.75, 3.05) is 14.2 Å². The molecule has 1 aromatic heterocycles. The maximum absolute atomic E-state index is 14.2. The summed E-state index contributed by atoms with van der Waals surface area (Å²) in [4.78, 5) is 8.28. The van der Waals surface area contributed by atoms with Crippen molar-refractivity contribution in [1.29, 1.82) is 0 Å². The average Bonchev–Trinajstić information content (AvgIpc) is 2.43. The van der Waals surface area contributed by atoms with Gasteiger partial charge >= 0.3 is 0 Å². The number of benzene rings is 1. The Hall–Kier alpha value is -2.01. The first-order valence-corrected chi connectivity index (χ1v) is 5.54. The van der Waals surface area contributed by atoms with Crippen LogP contribution in [0.5, 0.6) is 5.75 Å². The third-order valence-electron chi connectivity index (χ3n) is 2.66. The van der Waals surface area contributed by atoms with Crippen molar-refractivity contribution >= 4 is 0 Å². The second kappa shape index (κ2) is 5.55. The molecule has 1 N–H and O–H groups in total. The van der Waals surface area contributed by atoms with Gasteiger partial charge in [-0.3, -0.25) is 0 Å². The molecule has 0 amide bonds. The van der Waals surface area contributed by atoms with Crippen molar-refractivity contribution in [3.05, 3.63) is 53.9 Å². The Morgan fingerprint density at radius 3 is 2.56 bits per heavy atom. The number of hydrogen-bond donors (Lipinski definition) is 1. The molecule has 1 unspecified atom stereocenters. The Balaban J connectivity index is 2.46. The van der Waals surface area contributed by atoms with Crippen LogP contribution in [0.1, 0.15) is 17.4 Å². The van der Waals surface area contributed by atoms with Crippen molar-refractivity contribution in [2.24, 2.45) is 0 Å². The molecule has 0 radical (unpaired) electrons. The molecule has 5 heteroatoms. The molecular formula is C13H14FN3O. The Bertz CT molecular complexity index is 519. The van der Waals surface area contributed by atoms with E-state index in [4.69, 9.17) is 4.74 Å². The van der Waals surface area contributed by atoms with Gasteiger partial charge in [0.15, 0.2) is 11.6 Å². The normalized spacial score (nSPS) is 12.2. The van der Waals surface area contributed by atoms with Crippen LogP contribution in [-0.4, -0.2) is 24.1 Å². The largest absolute Gasteiger partial charge is 0.494 e. The van der Waals surface area contributed by atoms with Gasteiger partial charge in [-0.25, -0.2) is 14.4 Å². The van der Waals surface area contributed by atoms with E-state index in [9.17, 15) is 4.39 Å². The highest BCUT2D eigenvalue weighted by molar-refractivity contribution is 5.35. The van der Waals surface area contributed by atoms with Gasteiger partial charge in [0, 0.05) is 18.0 Å². The summed E-state index contributed by atoms with van der Waals surface area (Å²) in [5.74, 6) is 0.336. The molecule has 0 aliphatic heterocycles. The molecule has 0 fully saturated rings. The predicted octanol–water partition coefficient (Wildman–Crippen LogP) is 1.93. The summed E-state index contributed by atoms with van der Waals surface area (Å²) in [6.45, 7) is 0.